The molecule has 0 bridgehead atoms. The number of carbonyl (C=O) groups excluding carboxylic acids is 1. The first-order valence-electron chi connectivity index (χ1n) is 8.79. The molecule has 1 aliphatic heterocycles. The zero-order valence-corrected chi connectivity index (χ0v) is 15.2. The van der Waals surface area contributed by atoms with Crippen LogP contribution in [0.15, 0.2) is 48.5 Å². The number of piperidine rings is 1. The van der Waals surface area contributed by atoms with E-state index < -0.39 is 0 Å². The third-order valence-electron chi connectivity index (χ3n) is 4.96. The summed E-state index contributed by atoms with van der Waals surface area (Å²) in [6.07, 6.45) is 2.22. The van der Waals surface area contributed by atoms with Crippen LogP contribution in [0.4, 0.5) is 0 Å². The van der Waals surface area contributed by atoms with E-state index in [2.05, 4.69) is 19.0 Å². The Kier molecular flexibility index (Phi) is 5.39. The average Bonchev–Trinajstić information content (AvgIpc) is 2.67. The van der Waals surface area contributed by atoms with Crippen LogP contribution < -0.4 is 4.74 Å². The molecule has 1 aliphatic rings. The molecule has 1 saturated heterocycles. The summed E-state index contributed by atoms with van der Waals surface area (Å²) in [5.41, 5.74) is 2.84. The van der Waals surface area contributed by atoms with Gasteiger partial charge in [-0.2, -0.15) is 0 Å². The molecule has 1 amide bonds. The highest BCUT2D eigenvalue weighted by molar-refractivity contribution is 5.95. The van der Waals surface area contributed by atoms with E-state index in [1.165, 1.54) is 0 Å². The van der Waals surface area contributed by atoms with Crippen molar-refractivity contribution in [2.24, 2.45) is 0 Å². The standard InChI is InChI=1S/C21H26N2O2/c1-22(2)18-7-6-14-23(15-18)21(24)17-12-10-16(11-13-17)19-8-4-5-9-20(19)25-3/h4-5,8-13,18H,6-7,14-15H2,1-3H3/t18-/m1/s1. The fraction of sp³-hybridized carbons (Fsp3) is 0.381. The van der Waals surface area contributed by atoms with Gasteiger partial charge in [0, 0.05) is 30.3 Å². The van der Waals surface area contributed by atoms with E-state index in [9.17, 15) is 4.79 Å². The summed E-state index contributed by atoms with van der Waals surface area (Å²) in [4.78, 5) is 17.0. The summed E-state index contributed by atoms with van der Waals surface area (Å²) in [5.74, 6) is 0.963. The molecule has 4 heteroatoms. The number of hydrogen-bond donors (Lipinski definition) is 0. The number of rotatable bonds is 4. The highest BCUT2D eigenvalue weighted by atomic mass is 16.5. The molecule has 132 valence electrons. The van der Waals surface area contributed by atoms with Gasteiger partial charge in [0.15, 0.2) is 0 Å². The Labute approximate surface area is 150 Å². The van der Waals surface area contributed by atoms with Crippen molar-refractivity contribution in [3.05, 3.63) is 54.1 Å². The second-order valence-electron chi connectivity index (χ2n) is 6.79. The molecule has 1 heterocycles. The summed E-state index contributed by atoms with van der Waals surface area (Å²) in [6.45, 7) is 1.65. The SMILES string of the molecule is COc1ccccc1-c1ccc(C(=O)N2CCC[C@@H](N(C)C)C2)cc1. The van der Waals surface area contributed by atoms with E-state index in [1.807, 2.05) is 53.4 Å². The predicted molar refractivity (Wildman–Crippen MR) is 101 cm³/mol. The fourth-order valence-corrected chi connectivity index (χ4v) is 3.42. The lowest BCUT2D eigenvalue weighted by Gasteiger charge is -2.36. The molecule has 0 saturated carbocycles. The second kappa shape index (κ2) is 7.70. The number of ether oxygens (including phenoxy) is 1. The number of nitrogens with zero attached hydrogens (tertiary/aromatic N) is 2. The van der Waals surface area contributed by atoms with E-state index in [0.717, 1.165) is 48.4 Å². The first kappa shape index (κ1) is 17.5. The summed E-state index contributed by atoms with van der Waals surface area (Å²) >= 11 is 0. The molecule has 0 aromatic heterocycles. The molecular weight excluding hydrogens is 312 g/mol. The van der Waals surface area contributed by atoms with Crippen molar-refractivity contribution in [3.8, 4) is 16.9 Å². The van der Waals surface area contributed by atoms with Crippen LogP contribution in [0.3, 0.4) is 0 Å². The first-order chi connectivity index (χ1) is 12.1. The number of likely N-dealkylation sites (tertiary alicyclic amines) is 1. The summed E-state index contributed by atoms with van der Waals surface area (Å²) < 4.78 is 5.43. The van der Waals surface area contributed by atoms with Crippen molar-refractivity contribution < 1.29 is 9.53 Å². The van der Waals surface area contributed by atoms with E-state index in [-0.39, 0.29) is 5.91 Å². The number of likely N-dealkylation sites (N-methyl/N-ethyl adjacent to an activating group) is 1. The van der Waals surface area contributed by atoms with Gasteiger partial charge in [-0.15, -0.1) is 0 Å². The van der Waals surface area contributed by atoms with E-state index in [0.29, 0.717) is 6.04 Å². The zero-order valence-electron chi connectivity index (χ0n) is 15.2. The van der Waals surface area contributed by atoms with Crippen LogP contribution in [0.1, 0.15) is 23.2 Å². The summed E-state index contributed by atoms with van der Waals surface area (Å²) in [5, 5.41) is 0. The summed E-state index contributed by atoms with van der Waals surface area (Å²) in [7, 11) is 5.84. The topological polar surface area (TPSA) is 32.8 Å². The van der Waals surface area contributed by atoms with Gasteiger partial charge in [-0.25, -0.2) is 0 Å². The predicted octanol–water partition coefficient (Wildman–Crippen LogP) is 3.53. The van der Waals surface area contributed by atoms with Crippen LogP contribution >= 0.6 is 0 Å². The Morgan fingerprint density at radius 3 is 2.52 bits per heavy atom. The second-order valence-corrected chi connectivity index (χ2v) is 6.79. The lowest BCUT2D eigenvalue weighted by Crippen LogP contribution is -2.47. The third-order valence-corrected chi connectivity index (χ3v) is 4.96. The largest absolute Gasteiger partial charge is 0.496 e. The van der Waals surface area contributed by atoms with E-state index >= 15 is 0 Å². The van der Waals surface area contributed by atoms with Crippen LogP contribution in [-0.2, 0) is 0 Å². The molecule has 1 atom stereocenters. The zero-order chi connectivity index (χ0) is 17.8. The molecule has 0 spiro atoms. The maximum Gasteiger partial charge on any atom is 0.253 e. The normalized spacial score (nSPS) is 17.6. The van der Waals surface area contributed by atoms with Crippen LogP contribution in [0.25, 0.3) is 11.1 Å². The number of hydrogen-bond acceptors (Lipinski definition) is 3. The van der Waals surface area contributed by atoms with Crippen LogP contribution in [0, 0.1) is 0 Å². The molecule has 4 nitrogen and oxygen atoms in total. The van der Waals surface area contributed by atoms with Crippen LogP contribution in [-0.4, -0.2) is 56.0 Å². The molecular formula is C21H26N2O2. The van der Waals surface area contributed by atoms with Gasteiger partial charge in [-0.3, -0.25) is 4.79 Å². The van der Waals surface area contributed by atoms with Crippen molar-refractivity contribution in [2.45, 2.75) is 18.9 Å². The average molecular weight is 338 g/mol. The number of para-hydroxylation sites is 1. The van der Waals surface area contributed by atoms with Crippen molar-refractivity contribution in [3.63, 3.8) is 0 Å². The van der Waals surface area contributed by atoms with Gasteiger partial charge in [-0.1, -0.05) is 30.3 Å². The van der Waals surface area contributed by atoms with Crippen molar-refractivity contribution in [2.75, 3.05) is 34.3 Å². The maximum absolute atomic E-state index is 12.8. The molecule has 3 rings (SSSR count). The molecule has 2 aromatic carbocycles. The van der Waals surface area contributed by atoms with Gasteiger partial charge in [0.2, 0.25) is 0 Å². The van der Waals surface area contributed by atoms with E-state index in [1.54, 1.807) is 7.11 Å². The van der Waals surface area contributed by atoms with Gasteiger partial charge in [-0.05, 0) is 50.7 Å². The maximum atomic E-state index is 12.8. The fourth-order valence-electron chi connectivity index (χ4n) is 3.42. The minimum absolute atomic E-state index is 0.123. The smallest absolute Gasteiger partial charge is 0.253 e. The van der Waals surface area contributed by atoms with Crippen molar-refractivity contribution in [1.29, 1.82) is 0 Å². The van der Waals surface area contributed by atoms with Gasteiger partial charge in [0.05, 0.1) is 7.11 Å². The highest BCUT2D eigenvalue weighted by Crippen LogP contribution is 2.29. The van der Waals surface area contributed by atoms with Crippen molar-refractivity contribution >= 4 is 5.91 Å². The van der Waals surface area contributed by atoms with Crippen LogP contribution in [0.5, 0.6) is 5.75 Å². The van der Waals surface area contributed by atoms with Crippen molar-refractivity contribution in [1.82, 2.24) is 9.80 Å². The quantitative estimate of drug-likeness (QED) is 0.855. The minimum Gasteiger partial charge on any atom is -0.496 e. The van der Waals surface area contributed by atoms with Crippen LogP contribution in [0.2, 0.25) is 0 Å². The Hall–Kier alpha value is -2.33. The molecule has 2 aromatic rings. The van der Waals surface area contributed by atoms with Gasteiger partial charge >= 0.3 is 0 Å². The molecule has 0 unspecified atom stereocenters. The van der Waals surface area contributed by atoms with Gasteiger partial charge < -0.3 is 14.5 Å². The van der Waals surface area contributed by atoms with E-state index in [4.69, 9.17) is 4.74 Å². The number of amides is 1. The Bertz CT molecular complexity index is 725. The van der Waals surface area contributed by atoms with Gasteiger partial charge in [0.1, 0.15) is 5.75 Å². The first-order valence-corrected chi connectivity index (χ1v) is 8.79. The molecule has 0 radical (unpaired) electrons. The monoisotopic (exact) mass is 338 g/mol. The lowest BCUT2D eigenvalue weighted by molar-refractivity contribution is 0.0635. The molecule has 0 N–H and O–H groups in total. The highest BCUT2D eigenvalue weighted by Gasteiger charge is 2.25. The number of carbonyl (C=O) groups is 1. The van der Waals surface area contributed by atoms with Gasteiger partial charge in [0.25, 0.3) is 5.91 Å². The summed E-state index contributed by atoms with van der Waals surface area (Å²) in [6, 6.07) is 16.2. The Morgan fingerprint density at radius 1 is 1.12 bits per heavy atom. The third kappa shape index (κ3) is 3.85. The molecule has 1 fully saturated rings. The number of benzene rings is 2. The minimum atomic E-state index is 0.123. The lowest BCUT2D eigenvalue weighted by atomic mass is 10.0. The number of methoxy groups -OCH3 is 1. The Morgan fingerprint density at radius 2 is 1.84 bits per heavy atom. The Balaban J connectivity index is 1.77. The molecule has 0 aliphatic carbocycles. The molecule has 25 heavy (non-hydrogen) atoms.